The smallest absolute Gasteiger partial charge is 0.309 e. The molecule has 1 N–H and O–H groups in total. The van der Waals surface area contributed by atoms with Crippen molar-refractivity contribution < 1.29 is 18.8 Å². The van der Waals surface area contributed by atoms with Crippen LogP contribution < -0.4 is 5.32 Å². The van der Waals surface area contributed by atoms with E-state index in [9.17, 15) is 9.59 Å². The van der Waals surface area contributed by atoms with E-state index >= 15 is 0 Å². The van der Waals surface area contributed by atoms with Gasteiger partial charge in [0, 0.05) is 6.07 Å². The average molecular weight is 323 g/mol. The number of aromatic nitrogens is 1. The summed E-state index contributed by atoms with van der Waals surface area (Å²) >= 11 is 0. The van der Waals surface area contributed by atoms with Gasteiger partial charge in [-0.25, -0.2) is 0 Å². The van der Waals surface area contributed by atoms with Crippen LogP contribution in [0, 0.1) is 12.8 Å². The van der Waals surface area contributed by atoms with Crippen molar-refractivity contribution in [3.63, 3.8) is 0 Å². The van der Waals surface area contributed by atoms with Gasteiger partial charge in [0.25, 0.3) is 0 Å². The SMILES string of the molecule is CCOC(=O)C1CCN(C(CC)C(=O)Nc2cc(C)on2)CC1. The zero-order chi connectivity index (χ0) is 16.8. The third kappa shape index (κ3) is 4.54. The van der Waals surface area contributed by atoms with Gasteiger partial charge in [-0.3, -0.25) is 14.5 Å². The normalized spacial score (nSPS) is 17.7. The Morgan fingerprint density at radius 3 is 2.65 bits per heavy atom. The number of hydrogen-bond acceptors (Lipinski definition) is 6. The third-order valence-corrected chi connectivity index (χ3v) is 4.16. The Labute approximate surface area is 136 Å². The molecule has 0 spiro atoms. The van der Waals surface area contributed by atoms with E-state index in [1.165, 1.54) is 0 Å². The van der Waals surface area contributed by atoms with Crippen LogP contribution in [-0.2, 0) is 14.3 Å². The Hall–Kier alpha value is -1.89. The average Bonchev–Trinajstić information content (AvgIpc) is 2.94. The highest BCUT2D eigenvalue weighted by molar-refractivity contribution is 5.94. The molecule has 2 rings (SSSR count). The number of rotatable bonds is 6. The van der Waals surface area contributed by atoms with Crippen molar-refractivity contribution in [1.82, 2.24) is 10.1 Å². The Bertz CT molecular complexity index is 535. The van der Waals surface area contributed by atoms with E-state index in [0.29, 0.717) is 37.7 Å². The molecule has 1 aliphatic heterocycles. The first-order valence-corrected chi connectivity index (χ1v) is 8.20. The Balaban J connectivity index is 1.89. The van der Waals surface area contributed by atoms with Gasteiger partial charge in [-0.05, 0) is 46.2 Å². The molecule has 0 aliphatic carbocycles. The van der Waals surface area contributed by atoms with Gasteiger partial charge in [-0.1, -0.05) is 12.1 Å². The van der Waals surface area contributed by atoms with Crippen LogP contribution in [0.15, 0.2) is 10.6 Å². The van der Waals surface area contributed by atoms with Gasteiger partial charge in [-0.15, -0.1) is 0 Å². The quantitative estimate of drug-likeness (QED) is 0.806. The van der Waals surface area contributed by atoms with Crippen LogP contribution in [0.3, 0.4) is 0 Å². The van der Waals surface area contributed by atoms with E-state index in [-0.39, 0.29) is 23.8 Å². The summed E-state index contributed by atoms with van der Waals surface area (Å²) < 4.78 is 10.0. The topological polar surface area (TPSA) is 84.7 Å². The van der Waals surface area contributed by atoms with E-state index in [1.807, 2.05) is 13.8 Å². The monoisotopic (exact) mass is 323 g/mol. The van der Waals surface area contributed by atoms with E-state index in [2.05, 4.69) is 15.4 Å². The fourth-order valence-corrected chi connectivity index (χ4v) is 2.95. The van der Waals surface area contributed by atoms with Crippen molar-refractivity contribution in [2.75, 3.05) is 25.0 Å². The molecule has 1 amide bonds. The number of ether oxygens (including phenoxy) is 1. The third-order valence-electron chi connectivity index (χ3n) is 4.16. The zero-order valence-corrected chi connectivity index (χ0v) is 14.0. The number of carbonyl (C=O) groups excluding carboxylic acids is 2. The first-order chi connectivity index (χ1) is 11.0. The highest BCUT2D eigenvalue weighted by Gasteiger charge is 2.32. The van der Waals surface area contributed by atoms with Crippen LogP contribution in [0.2, 0.25) is 0 Å². The van der Waals surface area contributed by atoms with Crippen molar-refractivity contribution in [3.8, 4) is 0 Å². The maximum Gasteiger partial charge on any atom is 0.309 e. The molecular formula is C16H25N3O4. The van der Waals surface area contributed by atoms with Crippen molar-refractivity contribution in [3.05, 3.63) is 11.8 Å². The Morgan fingerprint density at radius 2 is 2.13 bits per heavy atom. The number of nitrogens with zero attached hydrogens (tertiary/aromatic N) is 2. The van der Waals surface area contributed by atoms with Crippen LogP contribution in [0.4, 0.5) is 5.82 Å². The molecular weight excluding hydrogens is 298 g/mol. The lowest BCUT2D eigenvalue weighted by Gasteiger charge is -2.35. The summed E-state index contributed by atoms with van der Waals surface area (Å²) in [5, 5.41) is 6.57. The number of carbonyl (C=O) groups is 2. The van der Waals surface area contributed by atoms with Gasteiger partial charge >= 0.3 is 5.97 Å². The predicted octanol–water partition coefficient (Wildman–Crippen LogP) is 1.98. The van der Waals surface area contributed by atoms with Crippen LogP contribution >= 0.6 is 0 Å². The van der Waals surface area contributed by atoms with Gasteiger partial charge < -0.3 is 14.6 Å². The lowest BCUT2D eigenvalue weighted by Crippen LogP contribution is -2.48. The number of amides is 1. The fraction of sp³-hybridized carbons (Fsp3) is 0.688. The highest BCUT2D eigenvalue weighted by atomic mass is 16.5. The number of piperidine rings is 1. The zero-order valence-electron chi connectivity index (χ0n) is 14.0. The summed E-state index contributed by atoms with van der Waals surface area (Å²) in [6, 6.07) is 1.47. The second-order valence-electron chi connectivity index (χ2n) is 5.80. The molecule has 7 nitrogen and oxygen atoms in total. The van der Waals surface area contributed by atoms with Crippen LogP contribution in [0.5, 0.6) is 0 Å². The summed E-state index contributed by atoms with van der Waals surface area (Å²) in [4.78, 5) is 26.3. The molecule has 128 valence electrons. The second kappa shape index (κ2) is 8.10. The Kier molecular flexibility index (Phi) is 6.15. The van der Waals surface area contributed by atoms with Gasteiger partial charge in [0.05, 0.1) is 18.6 Å². The van der Waals surface area contributed by atoms with Gasteiger partial charge in [0.1, 0.15) is 5.76 Å². The molecule has 1 aromatic rings. The second-order valence-corrected chi connectivity index (χ2v) is 5.80. The molecule has 1 aromatic heterocycles. The maximum absolute atomic E-state index is 12.4. The van der Waals surface area contributed by atoms with E-state index in [0.717, 1.165) is 12.8 Å². The molecule has 1 atom stereocenters. The number of nitrogens with one attached hydrogen (secondary N) is 1. The minimum atomic E-state index is -0.227. The van der Waals surface area contributed by atoms with E-state index in [1.54, 1.807) is 13.0 Å². The van der Waals surface area contributed by atoms with Crippen molar-refractivity contribution in [2.45, 2.75) is 46.1 Å². The first-order valence-electron chi connectivity index (χ1n) is 8.20. The summed E-state index contributed by atoms with van der Waals surface area (Å²) in [5.74, 6) is 0.832. The molecule has 1 unspecified atom stereocenters. The van der Waals surface area contributed by atoms with Crippen molar-refractivity contribution in [2.24, 2.45) is 5.92 Å². The van der Waals surface area contributed by atoms with Gasteiger partial charge in [0.15, 0.2) is 5.82 Å². The van der Waals surface area contributed by atoms with Crippen LogP contribution in [-0.4, -0.2) is 47.7 Å². The first kappa shape index (κ1) is 17.5. The van der Waals surface area contributed by atoms with Crippen LogP contribution in [0.25, 0.3) is 0 Å². The lowest BCUT2D eigenvalue weighted by atomic mass is 9.95. The van der Waals surface area contributed by atoms with Crippen molar-refractivity contribution >= 4 is 17.7 Å². The summed E-state index contributed by atoms with van der Waals surface area (Å²) in [6.07, 6.45) is 2.16. The molecule has 23 heavy (non-hydrogen) atoms. The maximum atomic E-state index is 12.4. The number of esters is 1. The molecule has 0 bridgehead atoms. The molecule has 1 fully saturated rings. The summed E-state index contributed by atoms with van der Waals surface area (Å²) in [6.45, 7) is 7.42. The fourth-order valence-electron chi connectivity index (χ4n) is 2.95. The number of hydrogen-bond donors (Lipinski definition) is 1. The number of anilines is 1. The van der Waals surface area contributed by atoms with E-state index in [4.69, 9.17) is 9.26 Å². The largest absolute Gasteiger partial charge is 0.466 e. The van der Waals surface area contributed by atoms with Gasteiger partial charge in [-0.2, -0.15) is 0 Å². The van der Waals surface area contributed by atoms with Gasteiger partial charge in [0.2, 0.25) is 5.91 Å². The number of likely N-dealkylation sites (tertiary alicyclic amines) is 1. The van der Waals surface area contributed by atoms with E-state index < -0.39 is 0 Å². The molecule has 1 saturated heterocycles. The molecule has 0 aromatic carbocycles. The molecule has 7 heteroatoms. The minimum Gasteiger partial charge on any atom is -0.466 e. The molecule has 0 saturated carbocycles. The molecule has 0 radical (unpaired) electrons. The predicted molar refractivity (Wildman–Crippen MR) is 84.9 cm³/mol. The summed E-state index contributed by atoms with van der Waals surface area (Å²) in [5.41, 5.74) is 0. The molecule has 1 aliphatic rings. The van der Waals surface area contributed by atoms with Crippen LogP contribution in [0.1, 0.15) is 38.9 Å². The minimum absolute atomic E-state index is 0.0510. The lowest BCUT2D eigenvalue weighted by molar-refractivity contribution is -0.149. The van der Waals surface area contributed by atoms with Crippen molar-refractivity contribution in [1.29, 1.82) is 0 Å². The Morgan fingerprint density at radius 1 is 1.43 bits per heavy atom. The highest BCUT2D eigenvalue weighted by Crippen LogP contribution is 2.22. The number of aryl methyl sites for hydroxylation is 1. The summed E-state index contributed by atoms with van der Waals surface area (Å²) in [7, 11) is 0. The molecule has 2 heterocycles. The standard InChI is InChI=1S/C16H25N3O4/c1-4-13(15(20)17-14-10-11(3)23-18-14)19-8-6-12(7-9-19)16(21)22-5-2/h10,12-13H,4-9H2,1-3H3,(H,17,18,20).